The van der Waals surface area contributed by atoms with Gasteiger partial charge in [0.1, 0.15) is 12.4 Å². The lowest BCUT2D eigenvalue weighted by Gasteiger charge is -2.30. The van der Waals surface area contributed by atoms with Gasteiger partial charge in [0, 0.05) is 39.9 Å². The lowest BCUT2D eigenvalue weighted by atomic mass is 9.83. The zero-order chi connectivity index (χ0) is 21.0. The Morgan fingerprint density at radius 2 is 1.93 bits per heavy atom. The van der Waals surface area contributed by atoms with Crippen molar-refractivity contribution in [2.24, 2.45) is 10.4 Å². The number of aliphatic imine (C=N–C) groups is 1. The summed E-state index contributed by atoms with van der Waals surface area (Å²) in [5.41, 5.74) is 1.52. The summed E-state index contributed by atoms with van der Waals surface area (Å²) in [6.07, 6.45) is 6.31. The maximum Gasteiger partial charge on any atom is 0.191 e. The summed E-state index contributed by atoms with van der Waals surface area (Å²) in [4.78, 5) is 6.53. The summed E-state index contributed by atoms with van der Waals surface area (Å²) in [6, 6.07) is 8.25. The Kier molecular flexibility index (Phi) is 13.4. The Morgan fingerprint density at radius 1 is 1.17 bits per heavy atom. The van der Waals surface area contributed by atoms with E-state index in [-0.39, 0.29) is 24.0 Å². The van der Waals surface area contributed by atoms with E-state index in [0.717, 1.165) is 51.0 Å². The van der Waals surface area contributed by atoms with E-state index >= 15 is 0 Å². The van der Waals surface area contributed by atoms with E-state index in [2.05, 4.69) is 53.7 Å². The number of ether oxygens (including phenoxy) is 2. The van der Waals surface area contributed by atoms with Crippen molar-refractivity contribution < 1.29 is 9.47 Å². The van der Waals surface area contributed by atoms with Gasteiger partial charge in [-0.25, -0.2) is 0 Å². The second kappa shape index (κ2) is 14.9. The average molecular weight is 533 g/mol. The minimum absolute atomic E-state index is 0. The monoisotopic (exact) mass is 532 g/mol. The highest BCUT2D eigenvalue weighted by atomic mass is 127. The first-order valence-corrected chi connectivity index (χ1v) is 11.0. The molecule has 30 heavy (non-hydrogen) atoms. The maximum absolute atomic E-state index is 5.84. The molecule has 1 aliphatic carbocycles. The van der Waals surface area contributed by atoms with Gasteiger partial charge in [0.15, 0.2) is 5.96 Å². The molecule has 0 amide bonds. The van der Waals surface area contributed by atoms with E-state index in [9.17, 15) is 0 Å². The van der Waals surface area contributed by atoms with E-state index in [1.54, 1.807) is 0 Å². The first-order valence-electron chi connectivity index (χ1n) is 11.0. The number of halogens is 1. The van der Waals surface area contributed by atoms with Gasteiger partial charge < -0.3 is 25.0 Å². The normalized spacial score (nSPS) is 15.7. The first-order chi connectivity index (χ1) is 14.1. The predicted octanol–water partition coefficient (Wildman–Crippen LogP) is 3.90. The Labute approximate surface area is 200 Å². The molecule has 0 aliphatic heterocycles. The predicted molar refractivity (Wildman–Crippen MR) is 136 cm³/mol. The third-order valence-corrected chi connectivity index (χ3v) is 5.67. The Morgan fingerprint density at radius 3 is 2.60 bits per heavy atom. The van der Waals surface area contributed by atoms with Crippen molar-refractivity contribution in [3.8, 4) is 5.75 Å². The minimum Gasteiger partial charge on any atom is -0.492 e. The van der Waals surface area contributed by atoms with Crippen molar-refractivity contribution in [2.45, 2.75) is 45.6 Å². The SMILES string of the molecule is CCOCCC1(CNC(=NC)NCc2cccc(OCCN(C)C)c2)CCCC1.I. The van der Waals surface area contributed by atoms with Gasteiger partial charge in [0.2, 0.25) is 0 Å². The smallest absolute Gasteiger partial charge is 0.191 e. The molecule has 7 heteroatoms. The van der Waals surface area contributed by atoms with E-state index < -0.39 is 0 Å². The van der Waals surface area contributed by atoms with Gasteiger partial charge >= 0.3 is 0 Å². The third kappa shape index (κ3) is 9.83. The van der Waals surface area contributed by atoms with Crippen LogP contribution in [0.25, 0.3) is 0 Å². The van der Waals surface area contributed by atoms with Crippen LogP contribution in [0.1, 0.15) is 44.6 Å². The topological polar surface area (TPSA) is 58.1 Å². The van der Waals surface area contributed by atoms with Gasteiger partial charge in [-0.1, -0.05) is 25.0 Å². The first kappa shape index (κ1) is 27.0. The molecule has 2 N–H and O–H groups in total. The molecule has 1 aromatic carbocycles. The van der Waals surface area contributed by atoms with Crippen LogP contribution >= 0.6 is 24.0 Å². The van der Waals surface area contributed by atoms with Gasteiger partial charge in [-0.3, -0.25) is 4.99 Å². The van der Waals surface area contributed by atoms with Crippen LogP contribution < -0.4 is 15.4 Å². The summed E-state index contributed by atoms with van der Waals surface area (Å²) < 4.78 is 11.5. The fourth-order valence-corrected chi connectivity index (χ4v) is 3.84. The molecule has 1 aliphatic rings. The van der Waals surface area contributed by atoms with Crippen LogP contribution in [0, 0.1) is 5.41 Å². The lowest BCUT2D eigenvalue weighted by Crippen LogP contribution is -2.43. The number of nitrogens with zero attached hydrogens (tertiary/aromatic N) is 2. The summed E-state index contributed by atoms with van der Waals surface area (Å²) in [5.74, 6) is 1.77. The molecule has 172 valence electrons. The van der Waals surface area contributed by atoms with Crippen LogP contribution in [-0.2, 0) is 11.3 Å². The van der Waals surface area contributed by atoms with Crippen molar-refractivity contribution in [1.82, 2.24) is 15.5 Å². The quantitative estimate of drug-likeness (QED) is 0.185. The number of hydrogen-bond acceptors (Lipinski definition) is 4. The molecule has 2 rings (SSSR count). The van der Waals surface area contributed by atoms with Gasteiger partial charge in [0.25, 0.3) is 0 Å². The number of likely N-dealkylation sites (N-methyl/N-ethyl adjacent to an activating group) is 1. The van der Waals surface area contributed by atoms with Crippen molar-refractivity contribution in [3.63, 3.8) is 0 Å². The van der Waals surface area contributed by atoms with E-state index in [1.807, 2.05) is 19.2 Å². The van der Waals surface area contributed by atoms with Crippen molar-refractivity contribution in [3.05, 3.63) is 29.8 Å². The molecule has 0 bridgehead atoms. The highest BCUT2D eigenvalue weighted by Gasteiger charge is 2.33. The van der Waals surface area contributed by atoms with E-state index in [1.165, 1.54) is 31.2 Å². The highest BCUT2D eigenvalue weighted by Crippen LogP contribution is 2.40. The largest absolute Gasteiger partial charge is 0.492 e. The van der Waals surface area contributed by atoms with Crippen LogP contribution in [-0.4, -0.2) is 64.9 Å². The summed E-state index contributed by atoms with van der Waals surface area (Å²) in [5, 5.41) is 7.00. The molecule has 0 radical (unpaired) electrons. The molecular formula is C23H41IN4O2. The lowest BCUT2D eigenvalue weighted by molar-refractivity contribution is 0.105. The van der Waals surface area contributed by atoms with Gasteiger partial charge in [-0.2, -0.15) is 0 Å². The Hall–Kier alpha value is -1.06. The van der Waals surface area contributed by atoms with Gasteiger partial charge in [0.05, 0.1) is 0 Å². The van der Waals surface area contributed by atoms with Crippen molar-refractivity contribution in [2.75, 3.05) is 54.1 Å². The van der Waals surface area contributed by atoms with Crippen LogP contribution in [0.15, 0.2) is 29.3 Å². The molecule has 0 heterocycles. The molecule has 0 saturated heterocycles. The molecule has 0 unspecified atom stereocenters. The molecule has 1 aromatic rings. The fourth-order valence-electron chi connectivity index (χ4n) is 3.84. The highest BCUT2D eigenvalue weighted by molar-refractivity contribution is 14.0. The zero-order valence-corrected chi connectivity index (χ0v) is 21.5. The Balaban J connectivity index is 0.00000450. The van der Waals surface area contributed by atoms with Gasteiger partial charge in [-0.15, -0.1) is 24.0 Å². The summed E-state index contributed by atoms with van der Waals surface area (Å²) in [7, 11) is 5.93. The standard InChI is InChI=1S/C23H40N4O2.HI/c1-5-28-15-13-23(11-6-7-12-23)19-26-22(24-2)25-18-20-9-8-10-21(17-20)29-16-14-27(3)4;/h8-10,17H,5-7,11-16,18-19H2,1-4H3,(H2,24,25,26);1H. The molecule has 0 spiro atoms. The zero-order valence-electron chi connectivity index (χ0n) is 19.2. The number of hydrogen-bond donors (Lipinski definition) is 2. The molecular weight excluding hydrogens is 491 g/mol. The molecule has 6 nitrogen and oxygen atoms in total. The number of benzene rings is 1. The van der Waals surface area contributed by atoms with E-state index in [4.69, 9.17) is 9.47 Å². The van der Waals surface area contributed by atoms with Gasteiger partial charge in [-0.05, 0) is 63.4 Å². The van der Waals surface area contributed by atoms with Crippen LogP contribution in [0.2, 0.25) is 0 Å². The summed E-state index contributed by atoms with van der Waals surface area (Å²) in [6.45, 7) is 6.98. The molecule has 0 atom stereocenters. The third-order valence-electron chi connectivity index (χ3n) is 5.67. The van der Waals surface area contributed by atoms with Crippen LogP contribution in [0.5, 0.6) is 5.75 Å². The van der Waals surface area contributed by atoms with E-state index in [0.29, 0.717) is 12.0 Å². The number of guanidine groups is 1. The second-order valence-electron chi connectivity index (χ2n) is 8.23. The number of rotatable bonds is 12. The van der Waals surface area contributed by atoms with Crippen LogP contribution in [0.3, 0.4) is 0 Å². The van der Waals surface area contributed by atoms with Crippen LogP contribution in [0.4, 0.5) is 0 Å². The minimum atomic E-state index is 0. The Bertz CT molecular complexity index is 619. The molecule has 0 aromatic heterocycles. The van der Waals surface area contributed by atoms with Crippen molar-refractivity contribution in [1.29, 1.82) is 0 Å². The average Bonchev–Trinajstić information content (AvgIpc) is 3.17. The van der Waals surface area contributed by atoms with Crippen molar-refractivity contribution >= 4 is 29.9 Å². The maximum atomic E-state index is 5.84. The molecule has 1 fully saturated rings. The second-order valence-corrected chi connectivity index (χ2v) is 8.23. The number of nitrogens with one attached hydrogen (secondary N) is 2. The molecule has 1 saturated carbocycles. The summed E-state index contributed by atoms with van der Waals surface area (Å²) >= 11 is 0. The fraction of sp³-hybridized carbons (Fsp3) is 0.696.